The van der Waals surface area contributed by atoms with Crippen LogP contribution in [0.5, 0.6) is 0 Å². The highest BCUT2D eigenvalue weighted by molar-refractivity contribution is 7.45. The van der Waals surface area contributed by atoms with Crippen LogP contribution < -0.4 is 11.2 Å². The fraction of sp³-hybridized carbons (Fsp3) is 0.455. The monoisotopic (exact) mass is 562 g/mol. The van der Waals surface area contributed by atoms with Gasteiger partial charge in [-0.25, -0.2) is 18.5 Å². The molecule has 20 nitrogen and oxygen atoms in total. The Bertz CT molecular complexity index is 1000. The van der Waals surface area contributed by atoms with E-state index >= 15 is 0 Å². The van der Waals surface area contributed by atoms with Gasteiger partial charge in [0.05, 0.1) is 6.61 Å². The quantitative estimate of drug-likeness (QED) is 0.118. The van der Waals surface area contributed by atoms with E-state index in [-0.39, 0.29) is 0 Å². The Morgan fingerprint density at radius 3 is 1.62 bits per heavy atom. The summed E-state index contributed by atoms with van der Waals surface area (Å²) in [6.45, 7) is -0.726. The molecule has 0 saturated carbocycles. The molecule has 2 heterocycles. The summed E-state index contributed by atoms with van der Waals surface area (Å²) in [4.78, 5) is 89.2. The predicted molar refractivity (Wildman–Crippen MR) is 105 cm³/mol. The van der Waals surface area contributed by atoms with Gasteiger partial charge in [0.25, 0.3) is 5.56 Å². The first kappa shape index (κ1) is 34.6. The fourth-order valence-corrected chi connectivity index (χ4v) is 1.93. The molecule has 0 radical (unpaired) electrons. The van der Waals surface area contributed by atoms with Gasteiger partial charge < -0.3 is 64.1 Å². The SMILES string of the molecule is C#C[C@]1(CO)O[C@@H](n2ccc(=O)[nH]c2=O)[C@H](O)[C@@H]1O.O=P(O)(O)O.O=P(O)(O)O.O=P(O)(O)O. The van der Waals surface area contributed by atoms with Crippen molar-refractivity contribution in [3.05, 3.63) is 33.1 Å². The minimum atomic E-state index is -4.64. The molecule has 0 bridgehead atoms. The lowest BCUT2D eigenvalue weighted by atomic mass is 9.97. The summed E-state index contributed by atoms with van der Waals surface area (Å²) in [5, 5.41) is 28.9. The molecule has 1 aliphatic rings. The van der Waals surface area contributed by atoms with Crippen molar-refractivity contribution < 1.29 is 77.8 Å². The zero-order valence-electron chi connectivity index (χ0n) is 16.3. The van der Waals surface area contributed by atoms with Crippen molar-refractivity contribution in [2.75, 3.05) is 6.61 Å². The average molecular weight is 562 g/mol. The maximum atomic E-state index is 11.6. The number of nitrogens with zero attached hydrogens (tertiary/aromatic N) is 1. The predicted octanol–water partition coefficient (Wildman–Crippen LogP) is -5.63. The van der Waals surface area contributed by atoms with Crippen molar-refractivity contribution in [2.24, 2.45) is 0 Å². The summed E-state index contributed by atoms with van der Waals surface area (Å²) < 4.78 is 32.8. The van der Waals surface area contributed by atoms with Crippen molar-refractivity contribution in [3.63, 3.8) is 0 Å². The van der Waals surface area contributed by atoms with Crippen molar-refractivity contribution in [1.82, 2.24) is 9.55 Å². The number of aromatic amines is 1. The van der Waals surface area contributed by atoms with Crippen LogP contribution in [0.25, 0.3) is 0 Å². The molecule has 23 heteroatoms. The van der Waals surface area contributed by atoms with Gasteiger partial charge >= 0.3 is 29.2 Å². The number of hydrogen-bond acceptors (Lipinski definition) is 9. The fourth-order valence-electron chi connectivity index (χ4n) is 1.93. The van der Waals surface area contributed by atoms with Gasteiger partial charge in [-0.2, -0.15) is 0 Å². The van der Waals surface area contributed by atoms with E-state index < -0.39 is 65.4 Å². The minimum Gasteiger partial charge on any atom is -0.392 e. The van der Waals surface area contributed by atoms with E-state index in [1.54, 1.807) is 0 Å². The zero-order chi connectivity index (χ0) is 27.7. The largest absolute Gasteiger partial charge is 0.466 e. The van der Waals surface area contributed by atoms with Crippen LogP contribution in [0, 0.1) is 12.3 Å². The third kappa shape index (κ3) is 16.1. The molecule has 1 aromatic heterocycles. The first-order chi connectivity index (χ1) is 14.9. The summed E-state index contributed by atoms with van der Waals surface area (Å²) in [7, 11) is -13.9. The number of rotatable bonds is 2. The van der Waals surface area contributed by atoms with Crippen LogP contribution in [-0.2, 0) is 18.4 Å². The van der Waals surface area contributed by atoms with Gasteiger partial charge in [0.15, 0.2) is 11.8 Å². The first-order valence-electron chi connectivity index (χ1n) is 7.74. The molecule has 0 amide bonds. The maximum absolute atomic E-state index is 11.6. The Balaban J connectivity index is 0. The molecule has 4 atom stereocenters. The second-order valence-electron chi connectivity index (χ2n) is 5.69. The number of nitrogens with one attached hydrogen (secondary N) is 1. The average Bonchev–Trinajstić information content (AvgIpc) is 2.83. The molecule has 0 aromatic carbocycles. The highest BCUT2D eigenvalue weighted by Gasteiger charge is 2.54. The molecule has 0 unspecified atom stereocenters. The van der Waals surface area contributed by atoms with Crippen LogP contribution in [0.2, 0.25) is 0 Å². The Hall–Kier alpha value is -1.59. The lowest BCUT2D eigenvalue weighted by Crippen LogP contribution is -2.45. The molecule has 34 heavy (non-hydrogen) atoms. The summed E-state index contributed by atoms with van der Waals surface area (Å²) in [5.41, 5.74) is -3.23. The van der Waals surface area contributed by atoms with E-state index in [0.717, 1.165) is 16.8 Å². The third-order valence-electron chi connectivity index (χ3n) is 3.03. The van der Waals surface area contributed by atoms with E-state index in [1.807, 2.05) is 4.98 Å². The highest BCUT2D eigenvalue weighted by Crippen LogP contribution is 2.35. The summed E-state index contributed by atoms with van der Waals surface area (Å²) >= 11 is 0. The number of aromatic nitrogens is 2. The highest BCUT2D eigenvalue weighted by atomic mass is 31.2. The van der Waals surface area contributed by atoms with E-state index in [1.165, 1.54) is 0 Å². The normalized spacial score (nSPS) is 24.3. The van der Waals surface area contributed by atoms with Crippen LogP contribution in [-0.4, -0.2) is 93.3 Å². The molecule has 198 valence electrons. The molecular weight excluding hydrogens is 541 g/mol. The van der Waals surface area contributed by atoms with E-state index in [2.05, 4.69) is 5.92 Å². The van der Waals surface area contributed by atoms with Gasteiger partial charge in [-0.1, -0.05) is 5.92 Å². The van der Waals surface area contributed by atoms with Gasteiger partial charge in [0.1, 0.15) is 12.2 Å². The number of hydrogen-bond donors (Lipinski definition) is 13. The molecule has 0 spiro atoms. The smallest absolute Gasteiger partial charge is 0.392 e. The van der Waals surface area contributed by atoms with Crippen LogP contribution >= 0.6 is 23.5 Å². The number of H-pyrrole nitrogens is 1. The van der Waals surface area contributed by atoms with Crippen LogP contribution in [0.3, 0.4) is 0 Å². The third-order valence-corrected chi connectivity index (χ3v) is 3.03. The molecule has 13 N–H and O–H groups in total. The van der Waals surface area contributed by atoms with Gasteiger partial charge in [0, 0.05) is 12.3 Å². The van der Waals surface area contributed by atoms with Crippen molar-refractivity contribution in [1.29, 1.82) is 0 Å². The number of aliphatic hydroxyl groups excluding tert-OH is 3. The number of terminal acetylenes is 1. The molecule has 2 rings (SSSR count). The van der Waals surface area contributed by atoms with Gasteiger partial charge in [-0.15, -0.1) is 6.42 Å². The zero-order valence-corrected chi connectivity index (χ0v) is 19.0. The van der Waals surface area contributed by atoms with Crippen LogP contribution in [0.1, 0.15) is 6.23 Å². The van der Waals surface area contributed by atoms with E-state index in [4.69, 9.17) is 68.9 Å². The first-order valence-corrected chi connectivity index (χ1v) is 12.4. The lowest BCUT2D eigenvalue weighted by molar-refractivity contribution is -0.0936. The van der Waals surface area contributed by atoms with Gasteiger partial charge in [-0.05, 0) is 0 Å². The molecular formula is C11H21N2O18P3. The lowest BCUT2D eigenvalue weighted by Gasteiger charge is -2.23. The molecule has 1 fully saturated rings. The van der Waals surface area contributed by atoms with Crippen LogP contribution in [0.15, 0.2) is 21.9 Å². The standard InChI is InChI=1S/C11H12N2O6.3H3O4P/c1-2-11(5-14)8(17)7(16)9(19-11)13-4-3-6(15)12-10(13)18;3*1-5(2,3)4/h1,3-4,7-9,14,16-17H,5H2,(H,12,15,18);3*(H3,1,2,3,4)/t7-,8+,9-,11-;;;/m1.../s1. The Kier molecular flexibility index (Phi) is 13.7. The van der Waals surface area contributed by atoms with E-state index in [9.17, 15) is 24.9 Å². The molecule has 0 aliphatic carbocycles. The maximum Gasteiger partial charge on any atom is 0.466 e. The molecule has 1 aromatic rings. The summed E-state index contributed by atoms with van der Waals surface area (Å²) in [5.74, 6) is 2.07. The topological polar surface area (TPSA) is 358 Å². The van der Waals surface area contributed by atoms with E-state index in [0.29, 0.717) is 0 Å². The summed E-state index contributed by atoms with van der Waals surface area (Å²) in [6.07, 6.45) is 1.90. The molecule has 1 saturated heterocycles. The Morgan fingerprint density at radius 2 is 1.35 bits per heavy atom. The minimum absolute atomic E-state index is 0.611. The Labute approximate surface area is 187 Å². The van der Waals surface area contributed by atoms with Crippen molar-refractivity contribution >= 4 is 23.5 Å². The van der Waals surface area contributed by atoms with Crippen molar-refractivity contribution in [3.8, 4) is 12.3 Å². The second-order valence-corrected chi connectivity index (χ2v) is 8.77. The number of aliphatic hydroxyl groups is 3. The molecule has 1 aliphatic heterocycles. The van der Waals surface area contributed by atoms with Gasteiger partial charge in [0.2, 0.25) is 0 Å². The number of phosphoric acid groups is 3. The van der Waals surface area contributed by atoms with Crippen LogP contribution in [0.4, 0.5) is 0 Å². The van der Waals surface area contributed by atoms with Crippen molar-refractivity contribution in [2.45, 2.75) is 24.0 Å². The second kappa shape index (κ2) is 13.5. The Morgan fingerprint density at radius 1 is 0.971 bits per heavy atom. The van der Waals surface area contributed by atoms with Gasteiger partial charge in [-0.3, -0.25) is 14.3 Å². The number of ether oxygens (including phenoxy) is 1. The summed E-state index contributed by atoms with van der Waals surface area (Å²) in [6, 6.07) is 1.05.